The Morgan fingerprint density at radius 2 is 2.04 bits per heavy atom. The maximum atomic E-state index is 12.2. The van der Waals surface area contributed by atoms with Crippen LogP contribution in [0.4, 0.5) is 9.59 Å². The molecule has 5 amide bonds. The summed E-state index contributed by atoms with van der Waals surface area (Å²) in [6, 6.07) is 9.24. The Morgan fingerprint density at radius 1 is 1.26 bits per heavy atom. The lowest BCUT2D eigenvalue weighted by atomic mass is 10.1. The molecule has 23 heavy (non-hydrogen) atoms. The number of nitrogens with zero attached hydrogens (tertiary/aromatic N) is 2. The van der Waals surface area contributed by atoms with Gasteiger partial charge in [-0.3, -0.25) is 9.69 Å². The highest BCUT2D eigenvalue weighted by atomic mass is 16.2. The largest absolute Gasteiger partial charge is 0.338 e. The number of amides is 5. The van der Waals surface area contributed by atoms with Crippen LogP contribution in [0.2, 0.25) is 0 Å². The molecule has 1 atom stereocenters. The van der Waals surface area contributed by atoms with Gasteiger partial charge in [-0.25, -0.2) is 9.59 Å². The van der Waals surface area contributed by atoms with E-state index in [1.165, 1.54) is 10.5 Å². The van der Waals surface area contributed by atoms with E-state index in [0.717, 1.165) is 6.42 Å². The molecule has 2 aliphatic heterocycles. The number of rotatable bonds is 4. The fourth-order valence-electron chi connectivity index (χ4n) is 3.01. The number of hydrogen-bond acceptors (Lipinski definition) is 3. The van der Waals surface area contributed by atoms with Gasteiger partial charge < -0.3 is 15.5 Å². The summed E-state index contributed by atoms with van der Waals surface area (Å²) in [7, 11) is 0. The van der Waals surface area contributed by atoms with Crippen LogP contribution in [0.5, 0.6) is 0 Å². The van der Waals surface area contributed by atoms with Crippen molar-refractivity contribution in [3.05, 3.63) is 35.9 Å². The molecule has 2 saturated heterocycles. The van der Waals surface area contributed by atoms with Gasteiger partial charge in [0, 0.05) is 19.6 Å². The SMILES string of the molecule is O=C(NCCc1ccccc1)N1CCC(N2C(=O)CNC2=O)C1. The number of carbonyl (C=O) groups is 3. The van der Waals surface area contributed by atoms with E-state index in [9.17, 15) is 14.4 Å². The summed E-state index contributed by atoms with van der Waals surface area (Å²) >= 11 is 0. The minimum absolute atomic E-state index is 0.0542. The molecule has 2 heterocycles. The topological polar surface area (TPSA) is 81.8 Å². The van der Waals surface area contributed by atoms with E-state index in [-0.39, 0.29) is 30.6 Å². The Balaban J connectivity index is 1.46. The van der Waals surface area contributed by atoms with Crippen LogP contribution in [0.3, 0.4) is 0 Å². The van der Waals surface area contributed by atoms with Gasteiger partial charge in [-0.15, -0.1) is 0 Å². The van der Waals surface area contributed by atoms with Crippen LogP contribution in [0.15, 0.2) is 30.3 Å². The predicted octanol–water partition coefficient (Wildman–Crippen LogP) is 0.565. The molecule has 1 aromatic rings. The average molecular weight is 316 g/mol. The summed E-state index contributed by atoms with van der Waals surface area (Å²) in [4.78, 5) is 38.4. The van der Waals surface area contributed by atoms with E-state index in [4.69, 9.17) is 0 Å². The van der Waals surface area contributed by atoms with Crippen molar-refractivity contribution < 1.29 is 14.4 Å². The maximum Gasteiger partial charge on any atom is 0.324 e. The van der Waals surface area contributed by atoms with E-state index in [1.54, 1.807) is 4.90 Å². The number of benzene rings is 1. The Hall–Kier alpha value is -2.57. The fourth-order valence-corrected chi connectivity index (χ4v) is 3.01. The molecule has 0 spiro atoms. The Morgan fingerprint density at radius 3 is 2.74 bits per heavy atom. The van der Waals surface area contributed by atoms with Gasteiger partial charge in [-0.1, -0.05) is 30.3 Å². The first-order valence-electron chi connectivity index (χ1n) is 7.82. The van der Waals surface area contributed by atoms with Gasteiger partial charge in [-0.05, 0) is 18.4 Å². The number of carbonyl (C=O) groups excluding carboxylic acids is 3. The zero-order valence-electron chi connectivity index (χ0n) is 12.8. The quantitative estimate of drug-likeness (QED) is 0.797. The summed E-state index contributed by atoms with van der Waals surface area (Å²) in [5.74, 6) is -0.216. The minimum atomic E-state index is -0.355. The molecule has 0 radical (unpaired) electrons. The normalized spacial score (nSPS) is 20.8. The molecule has 0 aliphatic carbocycles. The predicted molar refractivity (Wildman–Crippen MR) is 83.8 cm³/mol. The van der Waals surface area contributed by atoms with Gasteiger partial charge in [0.25, 0.3) is 0 Å². The molecule has 7 heteroatoms. The van der Waals surface area contributed by atoms with Crippen LogP contribution in [-0.4, -0.2) is 60.0 Å². The van der Waals surface area contributed by atoms with Crippen molar-refractivity contribution in [2.45, 2.75) is 18.9 Å². The lowest BCUT2D eigenvalue weighted by Gasteiger charge is -2.21. The van der Waals surface area contributed by atoms with Crippen LogP contribution in [-0.2, 0) is 11.2 Å². The molecule has 0 aromatic heterocycles. The van der Waals surface area contributed by atoms with Crippen molar-refractivity contribution in [1.29, 1.82) is 0 Å². The van der Waals surface area contributed by atoms with Crippen molar-refractivity contribution >= 4 is 18.0 Å². The molecular formula is C16H20N4O3. The number of nitrogens with one attached hydrogen (secondary N) is 2. The Labute approximate surface area is 134 Å². The highest BCUT2D eigenvalue weighted by molar-refractivity contribution is 6.02. The highest BCUT2D eigenvalue weighted by Gasteiger charge is 2.39. The summed E-state index contributed by atoms with van der Waals surface area (Å²) in [6.45, 7) is 1.57. The third-order valence-corrected chi connectivity index (χ3v) is 4.23. The molecule has 0 saturated carbocycles. The van der Waals surface area contributed by atoms with Crippen LogP contribution in [0, 0.1) is 0 Å². The second kappa shape index (κ2) is 6.68. The van der Waals surface area contributed by atoms with Crippen LogP contribution < -0.4 is 10.6 Å². The molecule has 2 fully saturated rings. The van der Waals surface area contributed by atoms with Crippen molar-refractivity contribution in [1.82, 2.24) is 20.4 Å². The van der Waals surface area contributed by atoms with Crippen LogP contribution >= 0.6 is 0 Å². The molecule has 2 aliphatic rings. The molecule has 1 aromatic carbocycles. The number of urea groups is 2. The molecule has 2 N–H and O–H groups in total. The summed E-state index contributed by atoms with van der Waals surface area (Å²) < 4.78 is 0. The monoisotopic (exact) mass is 316 g/mol. The molecule has 122 valence electrons. The zero-order valence-corrected chi connectivity index (χ0v) is 12.8. The number of likely N-dealkylation sites (tertiary alicyclic amines) is 1. The van der Waals surface area contributed by atoms with Crippen LogP contribution in [0.1, 0.15) is 12.0 Å². The van der Waals surface area contributed by atoms with Gasteiger partial charge in [0.15, 0.2) is 0 Å². The molecular weight excluding hydrogens is 296 g/mol. The van der Waals surface area contributed by atoms with E-state index in [1.807, 2.05) is 30.3 Å². The highest BCUT2D eigenvalue weighted by Crippen LogP contribution is 2.18. The summed E-state index contributed by atoms with van der Waals surface area (Å²) in [6.07, 6.45) is 1.40. The van der Waals surface area contributed by atoms with Gasteiger partial charge in [0.1, 0.15) is 0 Å². The van der Waals surface area contributed by atoms with E-state index >= 15 is 0 Å². The van der Waals surface area contributed by atoms with Gasteiger partial charge in [0.05, 0.1) is 12.6 Å². The third-order valence-electron chi connectivity index (χ3n) is 4.23. The number of imide groups is 1. The zero-order chi connectivity index (χ0) is 16.2. The van der Waals surface area contributed by atoms with Crippen molar-refractivity contribution in [3.63, 3.8) is 0 Å². The van der Waals surface area contributed by atoms with Gasteiger partial charge in [-0.2, -0.15) is 0 Å². The lowest BCUT2D eigenvalue weighted by Crippen LogP contribution is -2.45. The fraction of sp³-hybridized carbons (Fsp3) is 0.438. The number of hydrogen-bond donors (Lipinski definition) is 2. The van der Waals surface area contributed by atoms with Crippen molar-refractivity contribution in [3.8, 4) is 0 Å². The molecule has 7 nitrogen and oxygen atoms in total. The Bertz CT molecular complexity index is 589. The second-order valence-electron chi connectivity index (χ2n) is 5.78. The van der Waals surface area contributed by atoms with E-state index in [2.05, 4.69) is 10.6 Å². The van der Waals surface area contributed by atoms with E-state index < -0.39 is 0 Å². The maximum absolute atomic E-state index is 12.2. The smallest absolute Gasteiger partial charge is 0.324 e. The Kier molecular flexibility index (Phi) is 4.45. The standard InChI is InChI=1S/C16H20N4O3/c21-14-10-18-16(23)20(14)13-7-9-19(11-13)15(22)17-8-6-12-4-2-1-3-5-12/h1-5,13H,6-11H2,(H,17,22)(H,18,23). The molecule has 0 bridgehead atoms. The molecule has 1 unspecified atom stereocenters. The van der Waals surface area contributed by atoms with Crippen molar-refractivity contribution in [2.24, 2.45) is 0 Å². The summed E-state index contributed by atoms with van der Waals surface area (Å²) in [5.41, 5.74) is 1.17. The molecule has 3 rings (SSSR count). The summed E-state index contributed by atoms with van der Waals surface area (Å²) in [5, 5.41) is 5.40. The third kappa shape index (κ3) is 3.44. The van der Waals surface area contributed by atoms with Gasteiger partial charge in [0.2, 0.25) is 5.91 Å². The second-order valence-corrected chi connectivity index (χ2v) is 5.78. The minimum Gasteiger partial charge on any atom is -0.338 e. The van der Waals surface area contributed by atoms with Gasteiger partial charge >= 0.3 is 12.1 Å². The van der Waals surface area contributed by atoms with Crippen molar-refractivity contribution in [2.75, 3.05) is 26.2 Å². The lowest BCUT2D eigenvalue weighted by molar-refractivity contribution is -0.126. The van der Waals surface area contributed by atoms with Crippen LogP contribution in [0.25, 0.3) is 0 Å². The first kappa shape index (κ1) is 15.3. The first-order chi connectivity index (χ1) is 11.1. The average Bonchev–Trinajstić information content (AvgIpc) is 3.15. The first-order valence-corrected chi connectivity index (χ1v) is 7.82. The van der Waals surface area contributed by atoms with E-state index in [0.29, 0.717) is 26.1 Å².